The number of nitrogens with one attached hydrogen (secondary N) is 1. The first-order chi connectivity index (χ1) is 9.84. The fourth-order valence-electron chi connectivity index (χ4n) is 2.54. The lowest BCUT2D eigenvalue weighted by Gasteiger charge is -2.33. The van der Waals surface area contributed by atoms with Crippen LogP contribution in [0.15, 0.2) is 12.4 Å². The highest BCUT2D eigenvalue weighted by atomic mass is 16.2. The Morgan fingerprint density at radius 1 is 1.33 bits per heavy atom. The van der Waals surface area contributed by atoms with Crippen LogP contribution in [-0.4, -0.2) is 46.3 Å². The molecule has 21 heavy (non-hydrogen) atoms. The Balaban J connectivity index is 1.70. The van der Waals surface area contributed by atoms with Crippen molar-refractivity contribution in [2.24, 2.45) is 5.41 Å². The Morgan fingerprint density at radius 3 is 2.52 bits per heavy atom. The molecule has 118 valence electrons. The van der Waals surface area contributed by atoms with Crippen molar-refractivity contribution in [2.75, 3.05) is 19.6 Å². The average Bonchev–Trinajstić information content (AvgIpc) is 2.83. The van der Waals surface area contributed by atoms with E-state index in [1.54, 1.807) is 0 Å². The third-order valence-corrected chi connectivity index (χ3v) is 4.01. The summed E-state index contributed by atoms with van der Waals surface area (Å²) in [6, 6.07) is 0.333. The molecule has 1 N–H and O–H groups in total. The summed E-state index contributed by atoms with van der Waals surface area (Å²) in [6.45, 7) is 12.0. The number of nitrogens with zero attached hydrogens (tertiary/aromatic N) is 3. The number of likely N-dealkylation sites (tertiary alicyclic amines) is 1. The van der Waals surface area contributed by atoms with Crippen LogP contribution >= 0.6 is 0 Å². The molecule has 0 unspecified atom stereocenters. The first kappa shape index (κ1) is 16.0. The molecular formula is C16H28N4O. The summed E-state index contributed by atoms with van der Waals surface area (Å²) in [5.41, 5.74) is 0.910. The van der Waals surface area contributed by atoms with E-state index in [1.807, 2.05) is 31.6 Å². The Labute approximate surface area is 127 Å². The van der Waals surface area contributed by atoms with Crippen molar-refractivity contribution in [3.63, 3.8) is 0 Å². The minimum atomic E-state index is -0.297. The fraction of sp³-hybridized carbons (Fsp3) is 0.750. The number of aromatic nitrogens is 2. The number of carbonyl (C=O) groups is 1. The minimum absolute atomic E-state index is 0.160. The fourth-order valence-corrected chi connectivity index (χ4v) is 2.54. The van der Waals surface area contributed by atoms with Crippen molar-refractivity contribution in [3.05, 3.63) is 18.0 Å². The molecule has 0 aromatic carbocycles. The maximum absolute atomic E-state index is 12.0. The Morgan fingerprint density at radius 2 is 2.00 bits per heavy atom. The van der Waals surface area contributed by atoms with E-state index >= 15 is 0 Å². The summed E-state index contributed by atoms with van der Waals surface area (Å²) < 4.78 is 2.00. The van der Waals surface area contributed by atoms with Crippen molar-refractivity contribution in [3.8, 4) is 0 Å². The van der Waals surface area contributed by atoms with Crippen molar-refractivity contribution in [1.82, 2.24) is 20.0 Å². The molecule has 0 atom stereocenters. The lowest BCUT2D eigenvalue weighted by atomic mass is 9.94. The first-order valence-corrected chi connectivity index (χ1v) is 7.87. The quantitative estimate of drug-likeness (QED) is 0.921. The number of amides is 1. The highest BCUT2D eigenvalue weighted by Gasteiger charge is 2.26. The molecular weight excluding hydrogens is 264 g/mol. The normalized spacial score (nSPS) is 17.9. The van der Waals surface area contributed by atoms with Crippen LogP contribution in [0.4, 0.5) is 0 Å². The zero-order chi connectivity index (χ0) is 15.5. The van der Waals surface area contributed by atoms with Crippen molar-refractivity contribution >= 4 is 5.91 Å². The van der Waals surface area contributed by atoms with Gasteiger partial charge in [-0.3, -0.25) is 9.48 Å². The third kappa shape index (κ3) is 4.84. The summed E-state index contributed by atoms with van der Waals surface area (Å²) in [6.07, 6.45) is 6.06. The van der Waals surface area contributed by atoms with Crippen LogP contribution in [-0.2, 0) is 11.3 Å². The van der Waals surface area contributed by atoms with Gasteiger partial charge >= 0.3 is 0 Å². The molecule has 1 aromatic rings. The number of hydrogen-bond acceptors (Lipinski definition) is 3. The molecule has 2 heterocycles. The number of carbonyl (C=O) groups excluding carboxylic acids is 1. The largest absolute Gasteiger partial charge is 0.353 e. The standard InChI is InChI=1S/C16H28N4O/c1-13-11-17-20(12-13)10-9-19-7-5-14(6-8-19)18-15(21)16(2,3)4/h11-12,14H,5-10H2,1-4H3,(H,18,21). The van der Waals surface area contributed by atoms with E-state index in [9.17, 15) is 4.79 Å². The van der Waals surface area contributed by atoms with Crippen LogP contribution < -0.4 is 5.32 Å². The van der Waals surface area contributed by atoms with E-state index in [-0.39, 0.29) is 11.3 Å². The second-order valence-electron chi connectivity index (χ2n) is 7.12. The molecule has 1 aliphatic rings. The van der Waals surface area contributed by atoms with Crippen LogP contribution in [0.5, 0.6) is 0 Å². The molecule has 1 aromatic heterocycles. The first-order valence-electron chi connectivity index (χ1n) is 7.87. The van der Waals surface area contributed by atoms with E-state index in [4.69, 9.17) is 0 Å². The number of aryl methyl sites for hydroxylation is 1. The molecule has 1 fully saturated rings. The minimum Gasteiger partial charge on any atom is -0.353 e. The molecule has 0 aliphatic carbocycles. The lowest BCUT2D eigenvalue weighted by Crippen LogP contribution is -2.48. The van der Waals surface area contributed by atoms with Crippen LogP contribution in [0.2, 0.25) is 0 Å². The molecule has 5 heteroatoms. The van der Waals surface area contributed by atoms with Gasteiger partial charge in [0.15, 0.2) is 0 Å². The highest BCUT2D eigenvalue weighted by Crippen LogP contribution is 2.16. The molecule has 1 amide bonds. The number of rotatable bonds is 4. The molecule has 2 rings (SSSR count). The summed E-state index contributed by atoms with van der Waals surface area (Å²) in [4.78, 5) is 14.4. The second kappa shape index (κ2) is 6.60. The van der Waals surface area contributed by atoms with Gasteiger partial charge in [0.25, 0.3) is 0 Å². The van der Waals surface area contributed by atoms with Gasteiger partial charge in [-0.1, -0.05) is 20.8 Å². The van der Waals surface area contributed by atoms with Crippen LogP contribution in [0.3, 0.4) is 0 Å². The third-order valence-electron chi connectivity index (χ3n) is 4.01. The number of hydrogen-bond donors (Lipinski definition) is 1. The van der Waals surface area contributed by atoms with Crippen molar-refractivity contribution in [1.29, 1.82) is 0 Å². The van der Waals surface area contributed by atoms with Crippen LogP contribution in [0, 0.1) is 12.3 Å². The van der Waals surface area contributed by atoms with E-state index in [1.165, 1.54) is 5.56 Å². The molecule has 1 aliphatic heterocycles. The Hall–Kier alpha value is -1.36. The molecule has 0 radical (unpaired) electrons. The number of piperidine rings is 1. The maximum atomic E-state index is 12.0. The summed E-state index contributed by atoms with van der Waals surface area (Å²) in [7, 11) is 0. The van der Waals surface area contributed by atoms with Gasteiger partial charge in [0.2, 0.25) is 5.91 Å². The van der Waals surface area contributed by atoms with Gasteiger partial charge < -0.3 is 10.2 Å². The van der Waals surface area contributed by atoms with Crippen LogP contribution in [0.1, 0.15) is 39.2 Å². The molecule has 0 spiro atoms. The zero-order valence-electron chi connectivity index (χ0n) is 13.7. The van der Waals surface area contributed by atoms with E-state index in [2.05, 4.69) is 28.4 Å². The van der Waals surface area contributed by atoms with E-state index < -0.39 is 0 Å². The monoisotopic (exact) mass is 292 g/mol. The van der Waals surface area contributed by atoms with E-state index in [0.717, 1.165) is 39.0 Å². The molecule has 0 saturated carbocycles. The van der Waals surface area contributed by atoms with Gasteiger partial charge in [0, 0.05) is 37.3 Å². The van der Waals surface area contributed by atoms with Gasteiger partial charge in [0.05, 0.1) is 12.7 Å². The molecule has 0 bridgehead atoms. The van der Waals surface area contributed by atoms with E-state index in [0.29, 0.717) is 6.04 Å². The van der Waals surface area contributed by atoms with Gasteiger partial charge in [-0.15, -0.1) is 0 Å². The smallest absolute Gasteiger partial charge is 0.225 e. The maximum Gasteiger partial charge on any atom is 0.225 e. The molecule has 1 saturated heterocycles. The summed E-state index contributed by atoms with van der Waals surface area (Å²) in [5, 5.41) is 7.49. The van der Waals surface area contributed by atoms with Gasteiger partial charge in [-0.2, -0.15) is 5.10 Å². The highest BCUT2D eigenvalue weighted by molar-refractivity contribution is 5.81. The summed E-state index contributed by atoms with van der Waals surface area (Å²) >= 11 is 0. The second-order valence-corrected chi connectivity index (χ2v) is 7.12. The predicted molar refractivity (Wildman–Crippen MR) is 84.0 cm³/mol. The van der Waals surface area contributed by atoms with Gasteiger partial charge in [-0.25, -0.2) is 0 Å². The van der Waals surface area contributed by atoms with Crippen LogP contribution in [0.25, 0.3) is 0 Å². The summed E-state index contributed by atoms with van der Waals surface area (Å²) in [5.74, 6) is 0.160. The molecule has 5 nitrogen and oxygen atoms in total. The van der Waals surface area contributed by atoms with Crippen molar-refractivity contribution < 1.29 is 4.79 Å². The predicted octanol–water partition coefficient (Wildman–Crippen LogP) is 1.82. The Kier molecular flexibility index (Phi) is 5.04. The van der Waals surface area contributed by atoms with Gasteiger partial charge in [0.1, 0.15) is 0 Å². The lowest BCUT2D eigenvalue weighted by molar-refractivity contribution is -0.129. The average molecular weight is 292 g/mol. The SMILES string of the molecule is Cc1cnn(CCN2CCC(NC(=O)C(C)(C)C)CC2)c1. The van der Waals surface area contributed by atoms with Crippen molar-refractivity contribution in [2.45, 2.75) is 53.1 Å². The Bertz CT molecular complexity index is 467. The zero-order valence-corrected chi connectivity index (χ0v) is 13.7. The van der Waals surface area contributed by atoms with Gasteiger partial charge in [-0.05, 0) is 25.3 Å². The topological polar surface area (TPSA) is 50.2 Å².